The van der Waals surface area contributed by atoms with Gasteiger partial charge in [0.25, 0.3) is 0 Å². The molecule has 0 aromatic heterocycles. The average Bonchev–Trinajstić information content (AvgIpc) is 2.51. The zero-order chi connectivity index (χ0) is 20.9. The zero-order valence-corrected chi connectivity index (χ0v) is 15.9. The van der Waals surface area contributed by atoms with Crippen LogP contribution in [-0.4, -0.2) is 92.9 Å². The Balaban J connectivity index is 5.67. The predicted molar refractivity (Wildman–Crippen MR) is 88.7 cm³/mol. The van der Waals surface area contributed by atoms with Crippen LogP contribution in [0.2, 0.25) is 0 Å². The molecule has 0 radical (unpaired) electrons. The highest BCUT2D eigenvalue weighted by molar-refractivity contribution is 5.73. The first kappa shape index (κ1) is 24.7. The summed E-state index contributed by atoms with van der Waals surface area (Å²) in [6.45, 7) is 7.64. The lowest BCUT2D eigenvalue weighted by Gasteiger charge is -2.39. The maximum Gasteiger partial charge on any atom is 0.335 e. The molecular weight excluding hydrogens is 352 g/mol. The second-order valence-electron chi connectivity index (χ2n) is 7.38. The molecule has 26 heavy (non-hydrogen) atoms. The summed E-state index contributed by atoms with van der Waals surface area (Å²) in [5, 5.41) is 47.7. The van der Waals surface area contributed by atoms with Gasteiger partial charge in [-0.25, -0.2) is 9.59 Å². The SMILES string of the molecule is COC(C)(C)C(OC(COC(C)(C)C)C(O)C(O)C(=O)O)C(O)C(=O)O. The number of aliphatic carboxylic acids is 2. The monoisotopic (exact) mass is 382 g/mol. The van der Waals surface area contributed by atoms with Crippen LogP contribution in [0.5, 0.6) is 0 Å². The molecule has 0 amide bonds. The fourth-order valence-corrected chi connectivity index (χ4v) is 1.95. The van der Waals surface area contributed by atoms with Crippen LogP contribution in [-0.2, 0) is 23.8 Å². The van der Waals surface area contributed by atoms with Crippen molar-refractivity contribution >= 4 is 11.9 Å². The first-order valence-electron chi connectivity index (χ1n) is 7.98. The van der Waals surface area contributed by atoms with Gasteiger partial charge in [-0.15, -0.1) is 0 Å². The minimum Gasteiger partial charge on any atom is -0.479 e. The van der Waals surface area contributed by atoms with Gasteiger partial charge in [-0.1, -0.05) is 0 Å². The molecule has 0 spiro atoms. The van der Waals surface area contributed by atoms with Crippen molar-refractivity contribution in [1.29, 1.82) is 0 Å². The number of hydrogen-bond donors (Lipinski definition) is 5. The van der Waals surface area contributed by atoms with Crippen molar-refractivity contribution < 1.29 is 49.3 Å². The number of carboxylic acids is 2. The molecule has 5 atom stereocenters. The lowest BCUT2D eigenvalue weighted by molar-refractivity contribution is -0.223. The maximum atomic E-state index is 11.2. The normalized spacial score (nSPS) is 18.7. The van der Waals surface area contributed by atoms with E-state index in [1.807, 2.05) is 0 Å². The van der Waals surface area contributed by atoms with Crippen molar-refractivity contribution in [2.45, 2.75) is 76.3 Å². The number of ether oxygens (including phenoxy) is 3. The highest BCUT2D eigenvalue weighted by Gasteiger charge is 2.44. The molecule has 0 saturated carbocycles. The predicted octanol–water partition coefficient (Wildman–Crippen LogP) is -0.768. The number of methoxy groups -OCH3 is 1. The summed E-state index contributed by atoms with van der Waals surface area (Å²) in [6.07, 6.45) is -9.11. The van der Waals surface area contributed by atoms with Gasteiger partial charge in [0.1, 0.15) is 18.3 Å². The summed E-state index contributed by atoms with van der Waals surface area (Å²) < 4.78 is 16.1. The van der Waals surface area contributed by atoms with E-state index < -0.39 is 53.7 Å². The fourth-order valence-electron chi connectivity index (χ4n) is 1.95. The first-order chi connectivity index (χ1) is 11.6. The van der Waals surface area contributed by atoms with Gasteiger partial charge >= 0.3 is 11.9 Å². The van der Waals surface area contributed by atoms with Crippen LogP contribution in [0.4, 0.5) is 0 Å². The van der Waals surface area contributed by atoms with Crippen LogP contribution >= 0.6 is 0 Å². The van der Waals surface area contributed by atoms with E-state index in [0.29, 0.717) is 0 Å². The third kappa shape index (κ3) is 7.52. The molecule has 0 aromatic carbocycles. The van der Waals surface area contributed by atoms with Crippen LogP contribution < -0.4 is 0 Å². The zero-order valence-electron chi connectivity index (χ0n) is 15.9. The smallest absolute Gasteiger partial charge is 0.335 e. The fraction of sp³-hybridized carbons (Fsp3) is 0.875. The van der Waals surface area contributed by atoms with Crippen molar-refractivity contribution in [1.82, 2.24) is 0 Å². The van der Waals surface area contributed by atoms with E-state index in [1.54, 1.807) is 20.8 Å². The Hall–Kier alpha value is -1.30. The van der Waals surface area contributed by atoms with Crippen molar-refractivity contribution in [2.24, 2.45) is 0 Å². The summed E-state index contributed by atoms with van der Waals surface area (Å²) in [5.74, 6) is -3.29. The Morgan fingerprint density at radius 2 is 1.38 bits per heavy atom. The molecular formula is C16H30O10. The topological polar surface area (TPSA) is 163 Å². The van der Waals surface area contributed by atoms with Gasteiger partial charge in [-0.2, -0.15) is 0 Å². The molecule has 5 N–H and O–H groups in total. The molecule has 0 bridgehead atoms. The van der Waals surface area contributed by atoms with E-state index in [-0.39, 0.29) is 6.61 Å². The Bertz CT molecular complexity index is 470. The third-order valence-corrected chi connectivity index (χ3v) is 3.71. The number of carboxylic acid groups (broad SMARTS) is 2. The van der Waals surface area contributed by atoms with E-state index in [1.165, 1.54) is 21.0 Å². The van der Waals surface area contributed by atoms with Crippen LogP contribution in [0.3, 0.4) is 0 Å². The van der Waals surface area contributed by atoms with Gasteiger partial charge in [-0.05, 0) is 34.6 Å². The standard InChI is InChI=1S/C16H30O10/c1-15(2,3)25-7-8(9(17)10(18)13(20)21)26-12(11(19)14(22)23)16(4,5)24-6/h8-12,17-19H,7H2,1-6H3,(H,20,21)(H,22,23). The van der Waals surface area contributed by atoms with Crippen LogP contribution in [0, 0.1) is 0 Å². The average molecular weight is 382 g/mol. The molecule has 0 fully saturated rings. The van der Waals surface area contributed by atoms with E-state index >= 15 is 0 Å². The maximum absolute atomic E-state index is 11.2. The van der Waals surface area contributed by atoms with Gasteiger partial charge in [0.15, 0.2) is 12.2 Å². The Labute approximate surface area is 152 Å². The van der Waals surface area contributed by atoms with Gasteiger partial charge in [0, 0.05) is 7.11 Å². The second kappa shape index (κ2) is 9.58. The molecule has 0 saturated heterocycles. The Kier molecular flexibility index (Phi) is 9.10. The number of aliphatic hydroxyl groups is 3. The van der Waals surface area contributed by atoms with E-state index in [2.05, 4.69) is 0 Å². The van der Waals surface area contributed by atoms with Crippen LogP contribution in [0.25, 0.3) is 0 Å². The number of aliphatic hydroxyl groups excluding tert-OH is 3. The molecule has 0 aromatic rings. The Morgan fingerprint density at radius 1 is 0.923 bits per heavy atom. The van der Waals surface area contributed by atoms with Crippen molar-refractivity contribution in [3.63, 3.8) is 0 Å². The van der Waals surface area contributed by atoms with E-state index in [4.69, 9.17) is 24.4 Å². The summed E-state index contributed by atoms with van der Waals surface area (Å²) in [4.78, 5) is 22.1. The van der Waals surface area contributed by atoms with E-state index in [9.17, 15) is 24.9 Å². The molecule has 0 aliphatic heterocycles. The molecule has 154 valence electrons. The molecule has 10 heteroatoms. The van der Waals surface area contributed by atoms with Crippen LogP contribution in [0.1, 0.15) is 34.6 Å². The summed E-state index contributed by atoms with van der Waals surface area (Å²) in [7, 11) is 1.27. The highest BCUT2D eigenvalue weighted by Crippen LogP contribution is 2.24. The highest BCUT2D eigenvalue weighted by atomic mass is 16.6. The second-order valence-corrected chi connectivity index (χ2v) is 7.38. The van der Waals surface area contributed by atoms with E-state index in [0.717, 1.165) is 0 Å². The minimum atomic E-state index is -2.20. The molecule has 0 rings (SSSR count). The quantitative estimate of drug-likeness (QED) is 0.307. The minimum absolute atomic E-state index is 0.363. The summed E-state index contributed by atoms with van der Waals surface area (Å²) >= 11 is 0. The summed E-state index contributed by atoms with van der Waals surface area (Å²) in [6, 6.07) is 0. The van der Waals surface area contributed by atoms with Crippen molar-refractivity contribution in [2.75, 3.05) is 13.7 Å². The molecule has 10 nitrogen and oxygen atoms in total. The summed E-state index contributed by atoms with van der Waals surface area (Å²) in [5.41, 5.74) is -2.00. The van der Waals surface area contributed by atoms with Gasteiger partial charge in [0.2, 0.25) is 0 Å². The Morgan fingerprint density at radius 3 is 1.73 bits per heavy atom. The molecule has 0 heterocycles. The molecule has 0 aliphatic carbocycles. The van der Waals surface area contributed by atoms with Crippen LogP contribution in [0.15, 0.2) is 0 Å². The van der Waals surface area contributed by atoms with Crippen molar-refractivity contribution in [3.05, 3.63) is 0 Å². The number of rotatable bonds is 11. The largest absolute Gasteiger partial charge is 0.479 e. The molecule has 5 unspecified atom stereocenters. The number of hydrogen-bond acceptors (Lipinski definition) is 8. The van der Waals surface area contributed by atoms with Crippen molar-refractivity contribution in [3.8, 4) is 0 Å². The van der Waals surface area contributed by atoms with Gasteiger partial charge < -0.3 is 39.7 Å². The lowest BCUT2D eigenvalue weighted by Crippen LogP contribution is -2.56. The van der Waals surface area contributed by atoms with Gasteiger partial charge in [0.05, 0.1) is 17.8 Å². The number of carbonyl (C=O) groups is 2. The lowest BCUT2D eigenvalue weighted by atomic mass is 9.95. The molecule has 0 aliphatic rings. The van der Waals surface area contributed by atoms with Gasteiger partial charge in [-0.3, -0.25) is 0 Å². The third-order valence-electron chi connectivity index (χ3n) is 3.71. The first-order valence-corrected chi connectivity index (χ1v) is 7.98.